The Morgan fingerprint density at radius 2 is 2.07 bits per heavy atom. The summed E-state index contributed by atoms with van der Waals surface area (Å²) in [4.78, 5) is 25.4. The quantitative estimate of drug-likeness (QED) is 0.383. The molecule has 3 N–H and O–H groups in total. The van der Waals surface area contributed by atoms with Gasteiger partial charge in [-0.25, -0.2) is 0 Å². The number of H-pyrrole nitrogens is 1. The van der Waals surface area contributed by atoms with Crippen molar-refractivity contribution in [1.82, 2.24) is 25.6 Å². The number of rotatable bonds is 7. The zero-order valence-corrected chi connectivity index (χ0v) is 18.5. The van der Waals surface area contributed by atoms with Crippen LogP contribution in [0.1, 0.15) is 24.5 Å². The Balaban J connectivity index is 1.50. The number of nitrogens with one attached hydrogen (secondary N) is 3. The van der Waals surface area contributed by atoms with Crippen LogP contribution in [-0.4, -0.2) is 32.7 Å². The van der Waals surface area contributed by atoms with E-state index in [1.807, 2.05) is 49.6 Å². The number of aromatic nitrogens is 3. The second kappa shape index (κ2) is 9.68. The first-order chi connectivity index (χ1) is 14.4. The molecule has 30 heavy (non-hydrogen) atoms. The first kappa shape index (κ1) is 21.7. The van der Waals surface area contributed by atoms with E-state index in [2.05, 4.69) is 21.0 Å². The third-order valence-electron chi connectivity index (χ3n) is 4.62. The number of benzene rings is 1. The SMILES string of the molecule is Cc1cccc(OC(C)C(=O)NNC(=O)CCn2c(-c3cccs3)n[nH]c2=S)c1C. The fraction of sp³-hybridized carbons (Fsp3) is 0.300. The fourth-order valence-electron chi connectivity index (χ4n) is 2.72. The molecular formula is C20H23N5O3S2. The van der Waals surface area contributed by atoms with Gasteiger partial charge in [0.25, 0.3) is 5.91 Å². The molecule has 1 aromatic carbocycles. The van der Waals surface area contributed by atoms with Crippen molar-refractivity contribution in [2.75, 3.05) is 0 Å². The van der Waals surface area contributed by atoms with Gasteiger partial charge < -0.3 is 4.74 Å². The van der Waals surface area contributed by atoms with E-state index in [9.17, 15) is 9.59 Å². The highest BCUT2D eigenvalue weighted by Crippen LogP contribution is 2.23. The van der Waals surface area contributed by atoms with Gasteiger partial charge in [-0.1, -0.05) is 18.2 Å². The van der Waals surface area contributed by atoms with Crippen molar-refractivity contribution >= 4 is 35.4 Å². The number of hydrazine groups is 1. The monoisotopic (exact) mass is 445 g/mol. The molecule has 2 amide bonds. The Morgan fingerprint density at radius 1 is 1.27 bits per heavy atom. The summed E-state index contributed by atoms with van der Waals surface area (Å²) >= 11 is 6.79. The number of thiophene rings is 1. The summed E-state index contributed by atoms with van der Waals surface area (Å²) in [5.74, 6) is 0.535. The largest absolute Gasteiger partial charge is 0.481 e. The molecule has 0 bridgehead atoms. The summed E-state index contributed by atoms with van der Waals surface area (Å²) in [6.07, 6.45) is -0.641. The van der Waals surface area contributed by atoms with Gasteiger partial charge in [-0.2, -0.15) is 5.10 Å². The van der Waals surface area contributed by atoms with Gasteiger partial charge in [-0.05, 0) is 61.6 Å². The van der Waals surface area contributed by atoms with Crippen molar-refractivity contribution in [2.45, 2.75) is 39.8 Å². The lowest BCUT2D eigenvalue weighted by Gasteiger charge is -2.17. The maximum Gasteiger partial charge on any atom is 0.279 e. The molecule has 10 heteroatoms. The molecule has 0 saturated heterocycles. The molecule has 0 radical (unpaired) electrons. The maximum absolute atomic E-state index is 12.3. The molecule has 0 fully saturated rings. The van der Waals surface area contributed by atoms with Crippen LogP contribution in [0.15, 0.2) is 35.7 Å². The van der Waals surface area contributed by atoms with Gasteiger partial charge in [0.2, 0.25) is 5.91 Å². The minimum Gasteiger partial charge on any atom is -0.481 e. The highest BCUT2D eigenvalue weighted by Gasteiger charge is 2.17. The number of ether oxygens (including phenoxy) is 1. The van der Waals surface area contributed by atoms with E-state index in [0.717, 1.165) is 16.0 Å². The third kappa shape index (κ3) is 5.14. The Labute approximate surface area is 183 Å². The number of nitrogens with zero attached hydrogens (tertiary/aromatic N) is 2. The molecule has 2 aromatic heterocycles. The average Bonchev–Trinajstić information content (AvgIpc) is 3.37. The van der Waals surface area contributed by atoms with Crippen LogP contribution < -0.4 is 15.6 Å². The normalized spacial score (nSPS) is 11.7. The second-order valence-electron chi connectivity index (χ2n) is 6.73. The van der Waals surface area contributed by atoms with Crippen LogP contribution in [0.5, 0.6) is 5.75 Å². The molecule has 2 heterocycles. The lowest BCUT2D eigenvalue weighted by molar-refractivity contribution is -0.132. The lowest BCUT2D eigenvalue weighted by Crippen LogP contribution is -2.47. The summed E-state index contributed by atoms with van der Waals surface area (Å²) in [6, 6.07) is 9.51. The van der Waals surface area contributed by atoms with Crippen molar-refractivity contribution in [3.8, 4) is 16.5 Å². The Morgan fingerprint density at radius 3 is 2.80 bits per heavy atom. The van der Waals surface area contributed by atoms with E-state index in [1.54, 1.807) is 11.5 Å². The standard InChI is InChI=1S/C20H23N5O3S2/c1-12-6-4-7-15(13(12)2)28-14(3)19(27)23-21-17(26)9-10-25-18(22-24-20(25)29)16-8-5-11-30-16/h4-8,11,14H,9-10H2,1-3H3,(H,21,26)(H,23,27)(H,24,29). The zero-order valence-electron chi connectivity index (χ0n) is 16.9. The Hall–Kier alpha value is -2.98. The van der Waals surface area contributed by atoms with Gasteiger partial charge in [0.05, 0.1) is 4.88 Å². The third-order valence-corrected chi connectivity index (χ3v) is 5.79. The van der Waals surface area contributed by atoms with E-state index in [-0.39, 0.29) is 12.3 Å². The van der Waals surface area contributed by atoms with Crippen LogP contribution in [0.2, 0.25) is 0 Å². The maximum atomic E-state index is 12.3. The summed E-state index contributed by atoms with van der Waals surface area (Å²) in [5.41, 5.74) is 6.87. The number of hydrogen-bond donors (Lipinski definition) is 3. The molecule has 0 aliphatic heterocycles. The van der Waals surface area contributed by atoms with Crippen LogP contribution in [0.4, 0.5) is 0 Å². The molecule has 1 atom stereocenters. The van der Waals surface area contributed by atoms with Crippen LogP contribution >= 0.6 is 23.6 Å². The van der Waals surface area contributed by atoms with Gasteiger partial charge in [0, 0.05) is 13.0 Å². The summed E-state index contributed by atoms with van der Waals surface area (Å²) < 4.78 is 7.91. The van der Waals surface area contributed by atoms with Gasteiger partial charge >= 0.3 is 0 Å². The molecule has 0 aliphatic carbocycles. The predicted molar refractivity (Wildman–Crippen MR) is 118 cm³/mol. The molecule has 3 aromatic rings. The highest BCUT2D eigenvalue weighted by molar-refractivity contribution is 7.71. The summed E-state index contributed by atoms with van der Waals surface area (Å²) in [6.45, 7) is 5.87. The van der Waals surface area contributed by atoms with Crippen LogP contribution in [0.25, 0.3) is 10.7 Å². The first-order valence-corrected chi connectivity index (χ1v) is 10.7. The predicted octanol–water partition coefficient (Wildman–Crippen LogP) is 3.29. The first-order valence-electron chi connectivity index (χ1n) is 9.37. The van der Waals surface area contributed by atoms with Crippen molar-refractivity contribution in [3.63, 3.8) is 0 Å². The van der Waals surface area contributed by atoms with E-state index in [4.69, 9.17) is 17.0 Å². The minimum absolute atomic E-state index is 0.124. The summed E-state index contributed by atoms with van der Waals surface area (Å²) in [7, 11) is 0. The average molecular weight is 446 g/mol. The molecule has 158 valence electrons. The van der Waals surface area contributed by atoms with Crippen LogP contribution in [0.3, 0.4) is 0 Å². The van der Waals surface area contributed by atoms with Crippen molar-refractivity contribution in [3.05, 3.63) is 51.6 Å². The fourth-order valence-corrected chi connectivity index (χ4v) is 3.67. The number of aryl methyl sites for hydroxylation is 1. The molecule has 0 aliphatic rings. The van der Waals surface area contributed by atoms with E-state index in [0.29, 0.717) is 22.9 Å². The van der Waals surface area contributed by atoms with Crippen molar-refractivity contribution in [2.24, 2.45) is 0 Å². The minimum atomic E-state index is -0.765. The van der Waals surface area contributed by atoms with Crippen molar-refractivity contribution < 1.29 is 14.3 Å². The molecule has 1 unspecified atom stereocenters. The second-order valence-corrected chi connectivity index (χ2v) is 8.06. The van der Waals surface area contributed by atoms with Crippen LogP contribution in [-0.2, 0) is 16.1 Å². The van der Waals surface area contributed by atoms with Gasteiger partial charge in [0.1, 0.15) is 5.75 Å². The smallest absolute Gasteiger partial charge is 0.279 e. The number of carbonyl (C=O) groups is 2. The Bertz CT molecular complexity index is 1090. The van der Waals surface area contributed by atoms with Crippen molar-refractivity contribution in [1.29, 1.82) is 0 Å². The topological polar surface area (TPSA) is 101 Å². The van der Waals surface area contributed by atoms with E-state index in [1.165, 1.54) is 11.3 Å². The number of hydrogen-bond acceptors (Lipinski definition) is 6. The summed E-state index contributed by atoms with van der Waals surface area (Å²) in [5, 5.41) is 8.92. The lowest BCUT2D eigenvalue weighted by atomic mass is 10.1. The molecular weight excluding hydrogens is 422 g/mol. The zero-order chi connectivity index (χ0) is 21.7. The van der Waals surface area contributed by atoms with Gasteiger partial charge in [-0.15, -0.1) is 11.3 Å². The van der Waals surface area contributed by atoms with E-state index < -0.39 is 12.0 Å². The van der Waals surface area contributed by atoms with Gasteiger partial charge in [0.15, 0.2) is 16.7 Å². The van der Waals surface area contributed by atoms with Crippen LogP contribution in [0, 0.1) is 18.6 Å². The molecule has 3 rings (SSSR count). The number of amides is 2. The molecule has 0 saturated carbocycles. The number of aromatic amines is 1. The molecule has 8 nitrogen and oxygen atoms in total. The number of carbonyl (C=O) groups excluding carboxylic acids is 2. The van der Waals surface area contributed by atoms with Gasteiger partial charge in [-0.3, -0.25) is 30.1 Å². The highest BCUT2D eigenvalue weighted by atomic mass is 32.1. The molecule has 0 spiro atoms. The Kier molecular flexibility index (Phi) is 7.01. The van der Waals surface area contributed by atoms with E-state index >= 15 is 0 Å².